The average molecular weight is 410 g/mol. The minimum Gasteiger partial charge on any atom is -0.385 e. The third-order valence-corrected chi connectivity index (χ3v) is 5.56. The number of carbonyl (C=O) groups is 1. The van der Waals surface area contributed by atoms with Crippen molar-refractivity contribution in [1.29, 1.82) is 5.26 Å². The molecule has 1 amide bonds. The molecule has 0 radical (unpaired) electrons. The molecule has 2 aromatic rings. The maximum atomic E-state index is 13.3. The first kappa shape index (κ1) is 21.7. The molecule has 1 N–H and O–H groups in total. The molecule has 3 rings (SSSR count). The number of hydrogen-bond donors (Lipinski definition) is 1. The lowest BCUT2D eigenvalue weighted by Gasteiger charge is -2.31. The lowest BCUT2D eigenvalue weighted by molar-refractivity contribution is 0.0696. The van der Waals surface area contributed by atoms with Crippen molar-refractivity contribution in [2.45, 2.75) is 44.6 Å². The van der Waals surface area contributed by atoms with Gasteiger partial charge in [0.2, 0.25) is 5.95 Å². The fraction of sp³-hybridized carbons (Fsp3) is 0.478. The van der Waals surface area contributed by atoms with E-state index in [4.69, 9.17) is 10.00 Å². The van der Waals surface area contributed by atoms with Crippen molar-refractivity contribution in [2.75, 3.05) is 32.6 Å². The molecule has 1 aliphatic carbocycles. The third-order valence-electron chi connectivity index (χ3n) is 5.56. The molecule has 1 heterocycles. The number of rotatable bonds is 8. The van der Waals surface area contributed by atoms with Crippen LogP contribution in [0.2, 0.25) is 0 Å². The van der Waals surface area contributed by atoms with Gasteiger partial charge in [0.05, 0.1) is 22.9 Å². The van der Waals surface area contributed by atoms with Crippen LogP contribution in [0.4, 0.5) is 5.95 Å². The summed E-state index contributed by atoms with van der Waals surface area (Å²) in [5.74, 6) is 0.412. The molecule has 1 aromatic carbocycles. The Balaban J connectivity index is 0.00000341. The van der Waals surface area contributed by atoms with Crippen molar-refractivity contribution in [3.8, 4) is 17.3 Å². The van der Waals surface area contributed by atoms with Gasteiger partial charge in [0.15, 0.2) is 0 Å². The zero-order valence-corrected chi connectivity index (χ0v) is 17.7. The molecule has 0 spiro atoms. The number of benzene rings is 1. The Morgan fingerprint density at radius 1 is 1.30 bits per heavy atom. The van der Waals surface area contributed by atoms with Gasteiger partial charge in [-0.2, -0.15) is 5.26 Å². The molecule has 7 nitrogen and oxygen atoms in total. The highest BCUT2D eigenvalue weighted by molar-refractivity contribution is 5.99. The molecule has 0 saturated heterocycles. The van der Waals surface area contributed by atoms with Crippen LogP contribution in [0.3, 0.4) is 0 Å². The van der Waals surface area contributed by atoms with Gasteiger partial charge in [0.1, 0.15) is 0 Å². The van der Waals surface area contributed by atoms with Crippen molar-refractivity contribution in [1.82, 2.24) is 14.9 Å². The van der Waals surface area contributed by atoms with E-state index in [-0.39, 0.29) is 13.4 Å². The van der Waals surface area contributed by atoms with E-state index in [0.29, 0.717) is 35.9 Å². The first-order valence-electron chi connectivity index (χ1n) is 10.5. The van der Waals surface area contributed by atoms with E-state index in [0.717, 1.165) is 37.7 Å². The molecule has 0 atom stereocenters. The molecule has 0 unspecified atom stereocenters. The van der Waals surface area contributed by atoms with Crippen LogP contribution in [0, 0.1) is 11.3 Å². The predicted molar refractivity (Wildman–Crippen MR) is 118 cm³/mol. The molecule has 0 aliphatic heterocycles. The Labute approximate surface area is 179 Å². The van der Waals surface area contributed by atoms with Crippen molar-refractivity contribution in [3.63, 3.8) is 0 Å². The Hall–Kier alpha value is -2.98. The lowest BCUT2D eigenvalue weighted by atomic mass is 9.94. The quantitative estimate of drug-likeness (QED) is 0.660. The van der Waals surface area contributed by atoms with Crippen LogP contribution < -0.4 is 5.32 Å². The highest BCUT2D eigenvalue weighted by Gasteiger charge is 2.26. The van der Waals surface area contributed by atoms with E-state index in [2.05, 4.69) is 21.4 Å². The summed E-state index contributed by atoms with van der Waals surface area (Å²) >= 11 is 0. The first-order valence-corrected chi connectivity index (χ1v) is 10.5. The Morgan fingerprint density at radius 3 is 2.70 bits per heavy atom. The van der Waals surface area contributed by atoms with Gasteiger partial charge in [-0.25, -0.2) is 9.97 Å². The lowest BCUT2D eigenvalue weighted by Crippen LogP contribution is -2.38. The monoisotopic (exact) mass is 409 g/mol. The first-order chi connectivity index (χ1) is 14.6. The van der Waals surface area contributed by atoms with Gasteiger partial charge in [0.25, 0.3) is 5.91 Å². The van der Waals surface area contributed by atoms with Gasteiger partial charge in [-0.3, -0.25) is 4.79 Å². The molecule has 1 saturated carbocycles. The van der Waals surface area contributed by atoms with Gasteiger partial charge < -0.3 is 15.0 Å². The number of methoxy groups -OCH3 is 1. The number of ether oxygens (including phenoxy) is 1. The summed E-state index contributed by atoms with van der Waals surface area (Å²) in [6, 6.07) is 9.51. The second-order valence-corrected chi connectivity index (χ2v) is 7.63. The van der Waals surface area contributed by atoms with Crippen LogP contribution in [0.1, 0.15) is 55.9 Å². The van der Waals surface area contributed by atoms with Crippen molar-refractivity contribution < 1.29 is 11.0 Å². The van der Waals surface area contributed by atoms with E-state index >= 15 is 0 Å². The molecule has 1 fully saturated rings. The molecule has 1 aromatic heterocycles. The number of nitrogens with zero attached hydrogens (tertiary/aromatic N) is 4. The van der Waals surface area contributed by atoms with Gasteiger partial charge in [-0.1, -0.05) is 31.4 Å². The molecular weight excluding hydrogens is 378 g/mol. The summed E-state index contributed by atoms with van der Waals surface area (Å²) in [7, 11) is 3.54. The highest BCUT2D eigenvalue weighted by atomic mass is 16.5. The minimum absolute atomic E-state index is 0. The van der Waals surface area contributed by atoms with E-state index in [9.17, 15) is 4.79 Å². The number of anilines is 1. The van der Waals surface area contributed by atoms with Crippen LogP contribution >= 0.6 is 0 Å². The summed E-state index contributed by atoms with van der Waals surface area (Å²) in [5.41, 5.74) is 2.42. The standard InChI is InChI=1S/C23H29N5O2.H2/c1-28(19-7-4-3-5-8-19)22(29)20-16-26-23(25-13-6-14-30-2)27-21(20)18-11-9-17(15-24)10-12-18;/h9-12,16,19H,3-8,13-14H2,1-2H3,(H,25,26,27);1H. The number of hydrogen-bond acceptors (Lipinski definition) is 6. The van der Waals surface area contributed by atoms with Gasteiger partial charge in [-0.05, 0) is 31.4 Å². The third kappa shape index (κ3) is 5.33. The van der Waals surface area contributed by atoms with Crippen molar-refractivity contribution in [3.05, 3.63) is 41.6 Å². The zero-order valence-electron chi connectivity index (χ0n) is 17.7. The number of carbonyl (C=O) groups excluding carboxylic acids is 1. The maximum Gasteiger partial charge on any atom is 0.257 e. The number of aromatic nitrogens is 2. The van der Waals surface area contributed by atoms with Crippen LogP contribution in [0.15, 0.2) is 30.5 Å². The van der Waals surface area contributed by atoms with E-state index in [1.165, 1.54) is 6.42 Å². The Bertz CT molecular complexity index is 892. The minimum atomic E-state index is -0.0628. The topological polar surface area (TPSA) is 91.1 Å². The van der Waals surface area contributed by atoms with Crippen LogP contribution in [0.25, 0.3) is 11.3 Å². The number of nitrogens with one attached hydrogen (secondary N) is 1. The zero-order chi connectivity index (χ0) is 21.3. The smallest absolute Gasteiger partial charge is 0.257 e. The Kier molecular flexibility index (Phi) is 7.75. The van der Waals surface area contributed by atoms with E-state index < -0.39 is 0 Å². The summed E-state index contributed by atoms with van der Waals surface area (Å²) < 4.78 is 5.07. The van der Waals surface area contributed by atoms with E-state index in [1.807, 2.05) is 24.1 Å². The SMILES string of the molecule is COCCCNc1ncc(C(=O)N(C)C2CCCCC2)c(-c2ccc(C#N)cc2)n1.[HH]. The normalized spacial score (nSPS) is 14.2. The summed E-state index contributed by atoms with van der Waals surface area (Å²) in [6.07, 6.45) is 8.07. The summed E-state index contributed by atoms with van der Waals surface area (Å²) in [4.78, 5) is 24.2. The molecule has 160 valence electrons. The van der Waals surface area contributed by atoms with Crippen molar-refractivity contribution >= 4 is 11.9 Å². The molecular formula is C23H31N5O2. The number of nitriles is 1. The second-order valence-electron chi connectivity index (χ2n) is 7.63. The highest BCUT2D eigenvalue weighted by Crippen LogP contribution is 2.27. The molecule has 7 heteroatoms. The summed E-state index contributed by atoms with van der Waals surface area (Å²) in [5, 5.41) is 12.3. The van der Waals surface area contributed by atoms with E-state index in [1.54, 1.807) is 25.4 Å². The summed E-state index contributed by atoms with van der Waals surface area (Å²) in [6.45, 7) is 1.33. The fourth-order valence-corrected chi connectivity index (χ4v) is 3.79. The second kappa shape index (κ2) is 10.7. The van der Waals surface area contributed by atoms with Crippen LogP contribution in [0.5, 0.6) is 0 Å². The Morgan fingerprint density at radius 2 is 2.03 bits per heavy atom. The maximum absolute atomic E-state index is 13.3. The molecule has 0 bridgehead atoms. The van der Waals surface area contributed by atoms with Gasteiger partial charge in [-0.15, -0.1) is 0 Å². The van der Waals surface area contributed by atoms with Gasteiger partial charge in [0, 0.05) is 46.5 Å². The van der Waals surface area contributed by atoms with Crippen molar-refractivity contribution in [2.24, 2.45) is 0 Å². The average Bonchev–Trinajstić information content (AvgIpc) is 2.81. The largest absolute Gasteiger partial charge is 0.385 e. The molecule has 1 aliphatic rings. The molecule has 30 heavy (non-hydrogen) atoms. The number of amides is 1. The predicted octanol–water partition coefficient (Wildman–Crippen LogP) is 4.11. The fourth-order valence-electron chi connectivity index (χ4n) is 3.79. The van der Waals surface area contributed by atoms with Crippen LogP contribution in [-0.2, 0) is 4.74 Å². The van der Waals surface area contributed by atoms with Crippen LogP contribution in [-0.4, -0.2) is 54.1 Å². The van der Waals surface area contributed by atoms with Gasteiger partial charge >= 0.3 is 0 Å².